The highest BCUT2D eigenvalue weighted by Crippen LogP contribution is 2.67. The molecule has 7 atom stereocenters. The number of imidazole rings is 1. The van der Waals surface area contributed by atoms with Crippen LogP contribution < -0.4 is 16.0 Å². The number of aromatic nitrogens is 4. The number of nitrogen functional groups attached to an aromatic ring is 2. The van der Waals surface area contributed by atoms with Gasteiger partial charge in [-0.15, -0.1) is 0 Å². The molecule has 1 saturated heterocycles. The van der Waals surface area contributed by atoms with E-state index in [2.05, 4.69) is 32.6 Å². The highest BCUT2D eigenvalue weighted by Gasteiger charge is 2.47. The molecule has 3 aromatic rings. The second kappa shape index (κ2) is 10.6. The Labute approximate surface area is 212 Å². The number of hydrogen-bond donors (Lipinski definition) is 7. The molecule has 3 heterocycles. The molecule has 22 heteroatoms. The Bertz CT molecular complexity index is 1450. The summed E-state index contributed by atoms with van der Waals surface area (Å²) in [6.07, 6.45) is -3.70. The summed E-state index contributed by atoms with van der Waals surface area (Å²) in [5, 5.41) is 20.7. The topological polar surface area (TPSA) is 294 Å². The van der Waals surface area contributed by atoms with Gasteiger partial charge in [-0.2, -0.15) is 8.62 Å². The van der Waals surface area contributed by atoms with Crippen molar-refractivity contribution in [3.8, 4) is 5.75 Å². The van der Waals surface area contributed by atoms with Crippen molar-refractivity contribution in [2.45, 2.75) is 24.5 Å². The lowest BCUT2D eigenvalue weighted by atomic mass is 10.1. The Morgan fingerprint density at radius 2 is 1.58 bits per heavy atom. The summed E-state index contributed by atoms with van der Waals surface area (Å²) in [6.45, 7) is -0.953. The lowest BCUT2D eigenvalue weighted by Gasteiger charge is -2.20. The minimum absolute atomic E-state index is 0.0435. The molecule has 2 aromatic heterocycles. The van der Waals surface area contributed by atoms with E-state index in [9.17, 15) is 38.6 Å². The molecule has 19 nitrogen and oxygen atoms in total. The number of phosphoric acid groups is 3. The molecule has 9 N–H and O–H groups in total. The standard InChI is InChI=1S/C16H21N6O13P3/c17-8-1-3-9(4-2-8)33-37(27,28)35-38(29,30)34-36(25,26)31-5-10-12(23)13(24)16(32-10)22-7-21-11-14(18)19-6-20-15(11)22/h1-4,6-7,10,12-13,16,23-24H,5,17H2,(H,25,26)(H,27,28)(H,29,30)(H2,18,19,20)/t10-,12-,13-,16-/m1/s1. The van der Waals surface area contributed by atoms with Gasteiger partial charge in [-0.25, -0.2) is 28.6 Å². The molecule has 1 fully saturated rings. The maximum atomic E-state index is 12.2. The van der Waals surface area contributed by atoms with Gasteiger partial charge in [0.05, 0.1) is 12.9 Å². The highest BCUT2D eigenvalue weighted by molar-refractivity contribution is 7.67. The van der Waals surface area contributed by atoms with Crippen LogP contribution in [-0.2, 0) is 31.6 Å². The summed E-state index contributed by atoms with van der Waals surface area (Å²) in [7, 11) is -16.6. The molecule has 1 aliphatic rings. The van der Waals surface area contributed by atoms with Gasteiger partial charge in [0.1, 0.15) is 35.9 Å². The first-order valence-electron chi connectivity index (χ1n) is 10.2. The third kappa shape index (κ3) is 6.55. The van der Waals surface area contributed by atoms with Crippen LogP contribution >= 0.6 is 23.5 Å². The van der Waals surface area contributed by atoms with Crippen LogP contribution in [0.1, 0.15) is 6.23 Å². The largest absolute Gasteiger partial charge is 0.536 e. The fourth-order valence-corrected chi connectivity index (χ4v) is 6.82. The molecular formula is C16H21N6O13P3. The van der Waals surface area contributed by atoms with Crippen LogP contribution in [0.2, 0.25) is 0 Å². The second-order valence-electron chi connectivity index (χ2n) is 7.65. The lowest BCUT2D eigenvalue weighted by Crippen LogP contribution is -2.33. The maximum Gasteiger partial charge on any atom is 0.536 e. The van der Waals surface area contributed by atoms with Gasteiger partial charge in [-0.1, -0.05) is 0 Å². The number of aliphatic hydroxyl groups excluding tert-OH is 2. The number of rotatable bonds is 10. The molecule has 0 saturated carbocycles. The van der Waals surface area contributed by atoms with E-state index in [1.54, 1.807) is 0 Å². The number of phosphoric ester groups is 2. The van der Waals surface area contributed by atoms with Crippen molar-refractivity contribution < 1.29 is 61.0 Å². The van der Waals surface area contributed by atoms with Crippen LogP contribution in [0.15, 0.2) is 36.9 Å². The number of ether oxygens (including phenoxy) is 1. The minimum atomic E-state index is -5.75. The predicted octanol–water partition coefficient (Wildman–Crippen LogP) is 0.0399. The van der Waals surface area contributed by atoms with Crippen LogP contribution in [-0.4, -0.2) is 69.3 Å². The molecular weight excluding hydrogens is 577 g/mol. The zero-order chi connectivity index (χ0) is 27.9. The zero-order valence-corrected chi connectivity index (χ0v) is 21.5. The monoisotopic (exact) mass is 598 g/mol. The summed E-state index contributed by atoms with van der Waals surface area (Å²) in [6, 6.07) is 4.88. The smallest absolute Gasteiger partial charge is 0.404 e. The van der Waals surface area contributed by atoms with Gasteiger partial charge in [0.15, 0.2) is 17.7 Å². The van der Waals surface area contributed by atoms with E-state index < -0.39 is 54.6 Å². The first kappa shape index (κ1) is 28.5. The van der Waals surface area contributed by atoms with Gasteiger partial charge in [0, 0.05) is 5.69 Å². The maximum absolute atomic E-state index is 12.2. The predicted molar refractivity (Wildman–Crippen MR) is 125 cm³/mol. The average molecular weight is 598 g/mol. The average Bonchev–Trinajstić information content (AvgIpc) is 3.34. The number of nitrogens with two attached hydrogens (primary N) is 2. The van der Waals surface area contributed by atoms with Gasteiger partial charge >= 0.3 is 23.5 Å². The summed E-state index contributed by atoms with van der Waals surface area (Å²) < 4.78 is 60.2. The first-order chi connectivity index (χ1) is 17.7. The molecule has 0 bridgehead atoms. The molecule has 208 valence electrons. The molecule has 0 radical (unpaired) electrons. The molecule has 0 spiro atoms. The molecule has 0 aliphatic carbocycles. The minimum Gasteiger partial charge on any atom is -0.404 e. The lowest BCUT2D eigenvalue weighted by molar-refractivity contribution is -0.0503. The van der Waals surface area contributed by atoms with Gasteiger partial charge < -0.3 is 40.7 Å². The van der Waals surface area contributed by atoms with Gasteiger partial charge in [0.2, 0.25) is 0 Å². The second-order valence-corrected chi connectivity index (χ2v) is 12.2. The van der Waals surface area contributed by atoms with E-state index in [-0.39, 0.29) is 28.4 Å². The number of fused-ring (bicyclic) bond motifs is 1. The van der Waals surface area contributed by atoms with Gasteiger partial charge in [0.25, 0.3) is 0 Å². The Balaban J connectivity index is 1.37. The van der Waals surface area contributed by atoms with Crippen molar-refractivity contribution >= 4 is 46.1 Å². The summed E-state index contributed by atoms with van der Waals surface area (Å²) in [4.78, 5) is 41.0. The van der Waals surface area contributed by atoms with Crippen molar-refractivity contribution in [1.82, 2.24) is 19.5 Å². The zero-order valence-electron chi connectivity index (χ0n) is 18.8. The Morgan fingerprint density at radius 1 is 0.921 bits per heavy atom. The molecule has 1 aromatic carbocycles. The van der Waals surface area contributed by atoms with Gasteiger partial charge in [-0.05, 0) is 24.3 Å². The van der Waals surface area contributed by atoms with Crippen molar-refractivity contribution in [2.75, 3.05) is 18.1 Å². The first-order valence-corrected chi connectivity index (χ1v) is 14.7. The normalized spacial score (nSPS) is 26.4. The molecule has 0 amide bonds. The fraction of sp³-hybridized carbons (Fsp3) is 0.312. The SMILES string of the molecule is Nc1ccc(OP(=O)(O)OP(=O)(O)OP(=O)(O)OC[C@H]2O[C@@H](n3cnc4c(N)ncnc43)[C@H](O)[C@@H]2O)cc1. The number of benzene rings is 1. The van der Waals surface area contributed by atoms with Crippen LogP contribution in [0.5, 0.6) is 5.75 Å². The summed E-state index contributed by atoms with van der Waals surface area (Å²) in [5.74, 6) is -0.240. The van der Waals surface area contributed by atoms with Crippen molar-refractivity contribution in [1.29, 1.82) is 0 Å². The van der Waals surface area contributed by atoms with Gasteiger partial charge in [-0.3, -0.25) is 14.0 Å². The van der Waals surface area contributed by atoms with Crippen LogP contribution in [0.25, 0.3) is 11.2 Å². The third-order valence-electron chi connectivity index (χ3n) is 4.91. The molecule has 38 heavy (non-hydrogen) atoms. The van der Waals surface area contributed by atoms with E-state index in [4.69, 9.17) is 16.2 Å². The summed E-state index contributed by atoms with van der Waals surface area (Å²) in [5.41, 5.74) is 11.8. The van der Waals surface area contributed by atoms with E-state index >= 15 is 0 Å². The molecule has 4 rings (SSSR count). The van der Waals surface area contributed by atoms with Crippen molar-refractivity contribution in [3.05, 3.63) is 36.9 Å². The third-order valence-corrected chi connectivity index (χ3v) is 9.13. The van der Waals surface area contributed by atoms with E-state index in [0.29, 0.717) is 0 Å². The van der Waals surface area contributed by atoms with Crippen LogP contribution in [0, 0.1) is 0 Å². The van der Waals surface area contributed by atoms with Crippen molar-refractivity contribution in [2.24, 2.45) is 0 Å². The van der Waals surface area contributed by atoms with Crippen LogP contribution in [0.4, 0.5) is 11.5 Å². The Kier molecular flexibility index (Phi) is 7.94. The van der Waals surface area contributed by atoms with E-state index in [1.165, 1.54) is 23.0 Å². The number of aliphatic hydroxyl groups is 2. The number of hydrogen-bond acceptors (Lipinski definition) is 15. The Hall–Kier alpha value is -2.50. The van der Waals surface area contributed by atoms with Crippen LogP contribution in [0.3, 0.4) is 0 Å². The molecule has 1 aliphatic heterocycles. The van der Waals surface area contributed by atoms with Crippen molar-refractivity contribution in [3.63, 3.8) is 0 Å². The fourth-order valence-electron chi connectivity index (χ4n) is 3.30. The summed E-state index contributed by atoms with van der Waals surface area (Å²) >= 11 is 0. The van der Waals surface area contributed by atoms with E-state index in [0.717, 1.165) is 18.5 Å². The number of anilines is 2. The quantitative estimate of drug-likeness (QED) is 0.120. The van der Waals surface area contributed by atoms with E-state index in [1.807, 2.05) is 0 Å². The number of nitrogens with zero attached hydrogens (tertiary/aromatic N) is 4. The molecule has 3 unspecified atom stereocenters. The highest BCUT2D eigenvalue weighted by atomic mass is 31.3. The Morgan fingerprint density at radius 3 is 2.26 bits per heavy atom.